The Labute approximate surface area is 185 Å². The van der Waals surface area contributed by atoms with Gasteiger partial charge >= 0.3 is 0 Å². The highest BCUT2D eigenvalue weighted by Crippen LogP contribution is 2.25. The summed E-state index contributed by atoms with van der Waals surface area (Å²) in [5, 5.41) is 2.70. The van der Waals surface area contributed by atoms with Crippen LogP contribution in [0, 0.1) is 13.8 Å². The van der Waals surface area contributed by atoms with Crippen molar-refractivity contribution in [3.05, 3.63) is 83.2 Å². The number of nitrogens with one attached hydrogen (secondary N) is 1. The molecule has 0 spiro atoms. The summed E-state index contributed by atoms with van der Waals surface area (Å²) >= 11 is 5.28. The summed E-state index contributed by atoms with van der Waals surface area (Å²) in [6.45, 7) is 3.96. The second-order valence-electron chi connectivity index (χ2n) is 7.28. The predicted molar refractivity (Wildman–Crippen MR) is 124 cm³/mol. The Kier molecular flexibility index (Phi) is 5.44. The van der Waals surface area contributed by atoms with Crippen molar-refractivity contribution in [3.63, 3.8) is 0 Å². The van der Waals surface area contributed by atoms with Crippen LogP contribution in [0.1, 0.15) is 16.7 Å². The maximum absolute atomic E-state index is 13.2. The number of aromatic nitrogens is 1. The van der Waals surface area contributed by atoms with Gasteiger partial charge in [0.1, 0.15) is 11.3 Å². The number of methoxy groups -OCH3 is 1. The van der Waals surface area contributed by atoms with Gasteiger partial charge in [0.15, 0.2) is 5.11 Å². The molecule has 6 nitrogen and oxygen atoms in total. The molecule has 2 heterocycles. The molecule has 0 radical (unpaired) electrons. The zero-order valence-corrected chi connectivity index (χ0v) is 18.2. The van der Waals surface area contributed by atoms with E-state index in [4.69, 9.17) is 17.0 Å². The van der Waals surface area contributed by atoms with Gasteiger partial charge in [0, 0.05) is 18.1 Å². The number of ether oxygens (including phenoxy) is 1. The number of benzene rings is 2. The van der Waals surface area contributed by atoms with Crippen LogP contribution >= 0.6 is 12.2 Å². The Bertz CT molecular complexity index is 1230. The van der Waals surface area contributed by atoms with Crippen molar-refractivity contribution in [2.24, 2.45) is 0 Å². The van der Waals surface area contributed by atoms with Gasteiger partial charge in [-0.25, -0.2) is 0 Å². The van der Waals surface area contributed by atoms with Gasteiger partial charge in [-0.15, -0.1) is 0 Å². The highest BCUT2D eigenvalue weighted by molar-refractivity contribution is 7.80. The lowest BCUT2D eigenvalue weighted by Gasteiger charge is -2.29. The van der Waals surface area contributed by atoms with Gasteiger partial charge in [-0.2, -0.15) is 0 Å². The van der Waals surface area contributed by atoms with Gasteiger partial charge in [-0.05, 0) is 91.3 Å². The largest absolute Gasteiger partial charge is 0.497 e. The third kappa shape index (κ3) is 4.00. The summed E-state index contributed by atoms with van der Waals surface area (Å²) < 4.78 is 7.09. The molecule has 3 aromatic rings. The Morgan fingerprint density at radius 2 is 1.68 bits per heavy atom. The molecule has 1 aliphatic rings. The first-order valence-electron chi connectivity index (χ1n) is 9.68. The molecule has 1 aliphatic heterocycles. The van der Waals surface area contributed by atoms with Crippen molar-refractivity contribution in [1.82, 2.24) is 9.88 Å². The lowest BCUT2D eigenvalue weighted by atomic mass is 10.1. The summed E-state index contributed by atoms with van der Waals surface area (Å²) in [5.41, 5.74) is 4.45. The minimum Gasteiger partial charge on any atom is -0.497 e. The van der Waals surface area contributed by atoms with E-state index in [1.165, 1.54) is 4.90 Å². The third-order valence-electron chi connectivity index (χ3n) is 5.25. The second kappa shape index (κ2) is 8.20. The fourth-order valence-electron chi connectivity index (χ4n) is 3.34. The zero-order chi connectivity index (χ0) is 22.1. The van der Waals surface area contributed by atoms with Crippen molar-refractivity contribution in [1.29, 1.82) is 0 Å². The number of aryl methyl sites for hydroxylation is 2. The topological polar surface area (TPSA) is 63.6 Å². The fraction of sp³-hybridized carbons (Fsp3) is 0.125. The van der Waals surface area contributed by atoms with Crippen LogP contribution in [-0.4, -0.2) is 28.6 Å². The predicted octanol–water partition coefficient (Wildman–Crippen LogP) is 3.93. The number of thiocarbonyl (C=S) groups is 1. The number of nitrogens with zero attached hydrogens (tertiary/aromatic N) is 2. The zero-order valence-electron chi connectivity index (χ0n) is 17.4. The first kappa shape index (κ1) is 20.6. The molecule has 0 atom stereocenters. The van der Waals surface area contributed by atoms with E-state index in [1.807, 2.05) is 79.3 Å². The van der Waals surface area contributed by atoms with Crippen LogP contribution in [0.25, 0.3) is 11.8 Å². The van der Waals surface area contributed by atoms with Crippen molar-refractivity contribution in [3.8, 4) is 11.4 Å². The van der Waals surface area contributed by atoms with E-state index in [0.29, 0.717) is 5.69 Å². The molecule has 1 fully saturated rings. The van der Waals surface area contributed by atoms with Crippen LogP contribution in [0.2, 0.25) is 0 Å². The molecule has 7 heteroatoms. The fourth-order valence-corrected chi connectivity index (χ4v) is 3.62. The standard InChI is InChI=1S/C24H21N3O3S/c1-15-4-5-19(12-16(15)2)27-23(29)21(22(28)25-24(27)31)13-17-10-11-26(14-17)18-6-8-20(30-3)9-7-18/h4-14H,1-3H3,(H,25,28,31)/b21-13-. The van der Waals surface area contributed by atoms with Crippen LogP contribution < -0.4 is 15.0 Å². The molecular formula is C24H21N3O3S. The lowest BCUT2D eigenvalue weighted by Crippen LogP contribution is -2.54. The lowest BCUT2D eigenvalue weighted by molar-refractivity contribution is -0.122. The number of hydrogen-bond acceptors (Lipinski definition) is 4. The van der Waals surface area contributed by atoms with E-state index in [0.717, 1.165) is 28.1 Å². The number of carbonyl (C=O) groups is 2. The average molecular weight is 432 g/mol. The second-order valence-corrected chi connectivity index (χ2v) is 7.66. The number of amides is 2. The summed E-state index contributed by atoms with van der Waals surface area (Å²) in [6, 6.07) is 15.1. The van der Waals surface area contributed by atoms with Crippen LogP contribution in [0.3, 0.4) is 0 Å². The molecule has 156 valence electrons. The minimum atomic E-state index is -0.507. The molecule has 0 saturated carbocycles. The molecule has 1 saturated heterocycles. The number of carbonyl (C=O) groups excluding carboxylic acids is 2. The van der Waals surface area contributed by atoms with Crippen molar-refractivity contribution < 1.29 is 14.3 Å². The van der Waals surface area contributed by atoms with E-state index < -0.39 is 11.8 Å². The molecule has 2 amide bonds. The third-order valence-corrected chi connectivity index (χ3v) is 5.53. The summed E-state index contributed by atoms with van der Waals surface area (Å²) in [5.74, 6) is -0.188. The van der Waals surface area contributed by atoms with Gasteiger partial charge in [-0.3, -0.25) is 19.8 Å². The SMILES string of the molecule is COc1ccc(-n2ccc(/C=C3/C(=O)NC(=S)N(c4ccc(C)c(C)c4)C3=O)c2)cc1. The maximum Gasteiger partial charge on any atom is 0.270 e. The quantitative estimate of drug-likeness (QED) is 0.386. The van der Waals surface area contributed by atoms with Gasteiger partial charge in [0.2, 0.25) is 0 Å². The van der Waals surface area contributed by atoms with Crippen LogP contribution in [0.4, 0.5) is 5.69 Å². The molecular weight excluding hydrogens is 410 g/mol. The van der Waals surface area contributed by atoms with Crippen LogP contribution in [0.15, 0.2) is 66.5 Å². The maximum atomic E-state index is 13.2. The van der Waals surface area contributed by atoms with Gasteiger partial charge < -0.3 is 9.30 Å². The number of hydrogen-bond donors (Lipinski definition) is 1. The highest BCUT2D eigenvalue weighted by Gasteiger charge is 2.34. The van der Waals surface area contributed by atoms with Crippen LogP contribution in [-0.2, 0) is 9.59 Å². The first-order chi connectivity index (χ1) is 14.9. The molecule has 1 N–H and O–H groups in total. The number of rotatable bonds is 4. The summed E-state index contributed by atoms with van der Waals surface area (Å²) in [6.07, 6.45) is 5.29. The van der Waals surface area contributed by atoms with Crippen molar-refractivity contribution >= 4 is 40.9 Å². The van der Waals surface area contributed by atoms with E-state index in [9.17, 15) is 9.59 Å². The minimum absolute atomic E-state index is 0.0271. The summed E-state index contributed by atoms with van der Waals surface area (Å²) in [4.78, 5) is 27.1. The van der Waals surface area contributed by atoms with E-state index in [-0.39, 0.29) is 10.7 Å². The normalized spacial score (nSPS) is 15.4. The van der Waals surface area contributed by atoms with E-state index in [1.54, 1.807) is 13.2 Å². The number of anilines is 1. The molecule has 0 unspecified atom stereocenters. The Hall–Kier alpha value is -3.71. The first-order valence-corrected chi connectivity index (χ1v) is 10.1. The Morgan fingerprint density at radius 1 is 0.968 bits per heavy atom. The Balaban J connectivity index is 1.65. The highest BCUT2D eigenvalue weighted by atomic mass is 32.1. The average Bonchev–Trinajstić information content (AvgIpc) is 3.22. The van der Waals surface area contributed by atoms with Gasteiger partial charge in [0.05, 0.1) is 12.8 Å². The molecule has 0 bridgehead atoms. The van der Waals surface area contributed by atoms with E-state index >= 15 is 0 Å². The Morgan fingerprint density at radius 3 is 2.35 bits per heavy atom. The van der Waals surface area contributed by atoms with Crippen molar-refractivity contribution in [2.45, 2.75) is 13.8 Å². The van der Waals surface area contributed by atoms with Crippen LogP contribution in [0.5, 0.6) is 5.75 Å². The van der Waals surface area contributed by atoms with Gasteiger partial charge in [0.25, 0.3) is 11.8 Å². The molecule has 0 aliphatic carbocycles. The van der Waals surface area contributed by atoms with E-state index in [2.05, 4.69) is 5.32 Å². The molecule has 4 rings (SSSR count). The molecule has 31 heavy (non-hydrogen) atoms. The van der Waals surface area contributed by atoms with Gasteiger partial charge in [-0.1, -0.05) is 6.07 Å². The summed E-state index contributed by atoms with van der Waals surface area (Å²) in [7, 11) is 1.62. The monoisotopic (exact) mass is 431 g/mol. The molecule has 2 aromatic carbocycles. The van der Waals surface area contributed by atoms with Crippen molar-refractivity contribution in [2.75, 3.05) is 12.0 Å². The smallest absolute Gasteiger partial charge is 0.270 e. The molecule has 1 aromatic heterocycles.